The van der Waals surface area contributed by atoms with Crippen LogP contribution in [0.3, 0.4) is 0 Å². The van der Waals surface area contributed by atoms with Crippen molar-refractivity contribution in [3.8, 4) is 17.1 Å². The van der Waals surface area contributed by atoms with Gasteiger partial charge >= 0.3 is 12.1 Å². The third-order valence-electron chi connectivity index (χ3n) is 3.36. The second-order valence-corrected chi connectivity index (χ2v) is 6.65. The Kier molecular flexibility index (Phi) is 5.87. The molecule has 1 unspecified atom stereocenters. The van der Waals surface area contributed by atoms with Gasteiger partial charge in [-0.25, -0.2) is 19.7 Å². The van der Waals surface area contributed by atoms with Gasteiger partial charge in [0.15, 0.2) is 0 Å². The summed E-state index contributed by atoms with van der Waals surface area (Å²) < 4.78 is 5.59. The lowest BCUT2D eigenvalue weighted by molar-refractivity contribution is 0.194. The van der Waals surface area contributed by atoms with Gasteiger partial charge in [-0.15, -0.1) is 0 Å². The molecule has 0 aromatic carbocycles. The number of nitrogens with two attached hydrogens (primary N) is 1. The van der Waals surface area contributed by atoms with E-state index in [1.54, 1.807) is 24.5 Å². The molecule has 0 aliphatic carbocycles. The predicted molar refractivity (Wildman–Crippen MR) is 94.5 cm³/mol. The number of hydrogen-bond donors (Lipinski definition) is 3. The number of hydrogen-bond acceptors (Lipinski definition) is 6. The Labute approximate surface area is 146 Å². The number of pyridine rings is 1. The lowest BCUT2D eigenvalue weighted by Gasteiger charge is -2.25. The maximum Gasteiger partial charge on any atom is 0.410 e. The van der Waals surface area contributed by atoms with Crippen LogP contribution in [0.4, 0.5) is 10.6 Å². The zero-order valence-electron chi connectivity index (χ0n) is 14.6. The Morgan fingerprint density at radius 3 is 2.60 bits per heavy atom. The Hall–Kier alpha value is -2.74. The summed E-state index contributed by atoms with van der Waals surface area (Å²) in [6, 6.07) is 3.60. The van der Waals surface area contributed by atoms with Gasteiger partial charge in [-0.2, -0.15) is 0 Å². The normalized spacial score (nSPS) is 13.3. The van der Waals surface area contributed by atoms with Crippen LogP contribution < -0.4 is 15.8 Å². The Balaban J connectivity index is 2.03. The number of nitrogens with zero attached hydrogens (tertiary/aromatic N) is 3. The molecule has 1 atom stereocenters. The van der Waals surface area contributed by atoms with Gasteiger partial charge in [0, 0.05) is 29.7 Å². The maximum atomic E-state index is 10.7. The minimum Gasteiger partial charge on any atom is -0.465 e. The summed E-state index contributed by atoms with van der Waals surface area (Å²) in [5.74, 6) is 0.708. The van der Waals surface area contributed by atoms with E-state index in [2.05, 4.69) is 34.1 Å². The number of ether oxygens (including phenoxy) is 1. The second kappa shape index (κ2) is 7.89. The van der Waals surface area contributed by atoms with Crippen LogP contribution in [0.15, 0.2) is 30.7 Å². The predicted octanol–water partition coefficient (Wildman–Crippen LogP) is 2.77. The summed E-state index contributed by atoms with van der Waals surface area (Å²) in [6.07, 6.45) is 4.39. The minimum absolute atomic E-state index is 0.234. The van der Waals surface area contributed by atoms with E-state index in [0.717, 1.165) is 17.5 Å². The first-order valence-electron chi connectivity index (χ1n) is 7.95. The van der Waals surface area contributed by atoms with Crippen LogP contribution in [-0.2, 0) is 0 Å². The average Bonchev–Trinajstić information content (AvgIpc) is 2.52. The third-order valence-corrected chi connectivity index (χ3v) is 3.36. The van der Waals surface area contributed by atoms with E-state index in [-0.39, 0.29) is 11.8 Å². The largest absolute Gasteiger partial charge is 0.465 e. The molecule has 134 valence electrons. The van der Waals surface area contributed by atoms with Crippen molar-refractivity contribution in [1.82, 2.24) is 15.0 Å². The summed E-state index contributed by atoms with van der Waals surface area (Å²) in [6.45, 7) is 6.49. The number of amides is 1. The van der Waals surface area contributed by atoms with E-state index in [1.807, 2.05) is 6.92 Å². The molecule has 2 aromatic heterocycles. The van der Waals surface area contributed by atoms with Crippen LogP contribution in [-0.4, -0.2) is 38.3 Å². The zero-order valence-corrected chi connectivity index (χ0v) is 14.6. The average molecular weight is 345 g/mol. The van der Waals surface area contributed by atoms with Crippen LogP contribution in [0.5, 0.6) is 6.01 Å². The Morgan fingerprint density at radius 1 is 1.32 bits per heavy atom. The molecule has 4 N–H and O–H groups in total. The smallest absolute Gasteiger partial charge is 0.410 e. The van der Waals surface area contributed by atoms with Gasteiger partial charge in [-0.3, -0.25) is 5.32 Å². The molecule has 2 heterocycles. The fraction of sp³-hybridized carbons (Fsp3) is 0.412. The molecule has 8 heteroatoms. The van der Waals surface area contributed by atoms with Crippen LogP contribution >= 0.6 is 0 Å². The van der Waals surface area contributed by atoms with E-state index in [1.165, 1.54) is 6.20 Å². The quantitative estimate of drug-likeness (QED) is 0.705. The number of nitrogens with one attached hydrogen (secondary N) is 1. The molecule has 0 saturated heterocycles. The third kappa shape index (κ3) is 6.00. The fourth-order valence-corrected chi connectivity index (χ4v) is 2.55. The van der Waals surface area contributed by atoms with Crippen molar-refractivity contribution in [2.45, 2.75) is 32.7 Å². The van der Waals surface area contributed by atoms with E-state index >= 15 is 0 Å². The topological polar surface area (TPSA) is 123 Å². The lowest BCUT2D eigenvalue weighted by atomic mass is 9.93. The second-order valence-electron chi connectivity index (χ2n) is 6.65. The van der Waals surface area contributed by atoms with Gasteiger partial charge in [0.2, 0.25) is 0 Å². The SMILES string of the molecule is CC(C)CC(C)(N)COc1ncc(-c2ccnc(NC(=O)O)c2)cn1. The van der Waals surface area contributed by atoms with E-state index in [9.17, 15) is 4.79 Å². The summed E-state index contributed by atoms with van der Waals surface area (Å²) in [5, 5.41) is 10.9. The number of anilines is 1. The molecule has 1 amide bonds. The molecule has 8 nitrogen and oxygen atoms in total. The van der Waals surface area contributed by atoms with Crippen LogP contribution in [0.2, 0.25) is 0 Å². The molecule has 0 saturated carbocycles. The van der Waals surface area contributed by atoms with Gasteiger partial charge in [0.25, 0.3) is 0 Å². The lowest BCUT2D eigenvalue weighted by Crippen LogP contribution is -2.43. The zero-order chi connectivity index (χ0) is 18.4. The van der Waals surface area contributed by atoms with Crippen molar-refractivity contribution >= 4 is 11.9 Å². The monoisotopic (exact) mass is 345 g/mol. The van der Waals surface area contributed by atoms with Gasteiger partial charge < -0.3 is 15.6 Å². The molecule has 2 rings (SSSR count). The van der Waals surface area contributed by atoms with Gasteiger partial charge in [-0.05, 0) is 37.0 Å². The number of carboxylic acid groups (broad SMARTS) is 1. The first-order chi connectivity index (χ1) is 11.7. The number of carbonyl (C=O) groups is 1. The van der Waals surface area contributed by atoms with Crippen LogP contribution in [0.25, 0.3) is 11.1 Å². The van der Waals surface area contributed by atoms with Crippen LogP contribution in [0.1, 0.15) is 27.2 Å². The van der Waals surface area contributed by atoms with Crippen molar-refractivity contribution in [2.75, 3.05) is 11.9 Å². The summed E-state index contributed by atoms with van der Waals surface area (Å²) in [7, 11) is 0. The van der Waals surface area contributed by atoms with Crippen molar-refractivity contribution < 1.29 is 14.6 Å². The molecule has 0 aliphatic heterocycles. The van der Waals surface area contributed by atoms with E-state index in [4.69, 9.17) is 15.6 Å². The summed E-state index contributed by atoms with van der Waals surface area (Å²) in [4.78, 5) is 23.0. The van der Waals surface area contributed by atoms with E-state index in [0.29, 0.717) is 12.5 Å². The molecule has 0 radical (unpaired) electrons. The molecule has 25 heavy (non-hydrogen) atoms. The summed E-state index contributed by atoms with van der Waals surface area (Å²) >= 11 is 0. The van der Waals surface area contributed by atoms with Crippen molar-refractivity contribution in [1.29, 1.82) is 0 Å². The minimum atomic E-state index is -1.17. The highest BCUT2D eigenvalue weighted by molar-refractivity contribution is 5.82. The highest BCUT2D eigenvalue weighted by Gasteiger charge is 2.21. The highest BCUT2D eigenvalue weighted by atomic mass is 16.5. The molecule has 0 fully saturated rings. The van der Waals surface area contributed by atoms with Crippen molar-refractivity contribution in [2.24, 2.45) is 11.7 Å². The van der Waals surface area contributed by atoms with Gasteiger partial charge in [0.1, 0.15) is 12.4 Å². The number of aromatic nitrogens is 3. The summed E-state index contributed by atoms with van der Waals surface area (Å²) in [5.41, 5.74) is 7.22. The van der Waals surface area contributed by atoms with Crippen molar-refractivity contribution in [3.63, 3.8) is 0 Å². The highest BCUT2D eigenvalue weighted by Crippen LogP contribution is 2.21. The standard InChI is InChI=1S/C17H23N5O3/c1-11(2)7-17(3,18)10-25-15-20-8-13(9-21-15)12-4-5-19-14(6-12)22-16(23)24/h4-6,8-9,11H,7,10,18H2,1-3H3,(H,19,22)(H,23,24). The Morgan fingerprint density at radius 2 is 2.00 bits per heavy atom. The van der Waals surface area contributed by atoms with Gasteiger partial charge in [-0.1, -0.05) is 13.8 Å². The first kappa shape index (κ1) is 18.6. The van der Waals surface area contributed by atoms with Gasteiger partial charge in [0.05, 0.1) is 0 Å². The molecular formula is C17H23N5O3. The molecule has 0 aliphatic rings. The molecule has 0 bridgehead atoms. The Bertz CT molecular complexity index is 716. The maximum absolute atomic E-state index is 10.7. The molecular weight excluding hydrogens is 322 g/mol. The molecule has 0 spiro atoms. The number of rotatable bonds is 7. The fourth-order valence-electron chi connectivity index (χ4n) is 2.55. The first-order valence-corrected chi connectivity index (χ1v) is 7.95. The van der Waals surface area contributed by atoms with Crippen LogP contribution in [0, 0.1) is 5.92 Å². The van der Waals surface area contributed by atoms with E-state index < -0.39 is 11.6 Å². The molecule has 2 aromatic rings. The van der Waals surface area contributed by atoms with Crippen molar-refractivity contribution in [3.05, 3.63) is 30.7 Å².